The van der Waals surface area contributed by atoms with E-state index in [0.717, 1.165) is 6.08 Å². The van der Waals surface area contributed by atoms with E-state index >= 15 is 0 Å². The summed E-state index contributed by atoms with van der Waals surface area (Å²) in [5.41, 5.74) is -2.32. The molecular weight excluding hydrogens is 250 g/mol. The Balaban J connectivity index is 3.07. The summed E-state index contributed by atoms with van der Waals surface area (Å²) in [5, 5.41) is 0. The van der Waals surface area contributed by atoms with Crippen molar-refractivity contribution in [2.24, 2.45) is 4.99 Å². The van der Waals surface area contributed by atoms with Gasteiger partial charge in [0.1, 0.15) is 0 Å². The summed E-state index contributed by atoms with van der Waals surface area (Å²) in [5.74, 6) is -1.66. The molecule has 0 amide bonds. The molecule has 0 heterocycles. The predicted molar refractivity (Wildman–Crippen MR) is 60.8 cm³/mol. The van der Waals surface area contributed by atoms with Gasteiger partial charge in [0.2, 0.25) is 5.60 Å². The lowest BCUT2D eigenvalue weighted by molar-refractivity contribution is -0.264. The second-order valence-electron chi connectivity index (χ2n) is 4.05. The normalized spacial score (nSPS) is 20.9. The summed E-state index contributed by atoms with van der Waals surface area (Å²) in [6.45, 7) is 4.62. The minimum absolute atomic E-state index is 0.177. The molecule has 1 aliphatic rings. The second kappa shape index (κ2) is 5.54. The molecule has 1 rings (SSSR count). The number of allylic oxidation sites excluding steroid dienone is 2. The van der Waals surface area contributed by atoms with Crippen LogP contribution in [0.25, 0.3) is 0 Å². The van der Waals surface area contributed by atoms with Gasteiger partial charge in [-0.05, 0) is 38.7 Å². The van der Waals surface area contributed by atoms with Crippen LogP contribution < -0.4 is 0 Å². The van der Waals surface area contributed by atoms with E-state index in [9.17, 15) is 17.6 Å². The highest BCUT2D eigenvalue weighted by Crippen LogP contribution is 2.47. The van der Waals surface area contributed by atoms with Crippen LogP contribution in [0.3, 0.4) is 0 Å². The standard InChI is InChI=1S/C12H15F4NO/c1-3-9(13)10(17-4-2)18-11(12(14,15)16)7-5-6-8-11/h3-4H,1,5-8H2,2H3/b10-9-,17-4?. The smallest absolute Gasteiger partial charge is 0.428 e. The second-order valence-corrected chi connectivity index (χ2v) is 4.05. The van der Waals surface area contributed by atoms with Crippen LogP contribution in [0.4, 0.5) is 17.6 Å². The van der Waals surface area contributed by atoms with E-state index < -0.39 is 23.5 Å². The number of hydrogen-bond acceptors (Lipinski definition) is 2. The molecule has 1 aliphatic carbocycles. The van der Waals surface area contributed by atoms with Crippen LogP contribution in [-0.2, 0) is 4.74 Å². The third kappa shape index (κ3) is 2.91. The zero-order chi connectivity index (χ0) is 13.8. The first kappa shape index (κ1) is 14.7. The zero-order valence-electron chi connectivity index (χ0n) is 10.1. The molecule has 0 aliphatic heterocycles. The molecule has 2 nitrogen and oxygen atoms in total. The van der Waals surface area contributed by atoms with E-state index in [2.05, 4.69) is 11.6 Å². The molecule has 0 atom stereocenters. The first-order valence-electron chi connectivity index (χ1n) is 5.63. The van der Waals surface area contributed by atoms with Crippen molar-refractivity contribution in [3.05, 3.63) is 24.4 Å². The van der Waals surface area contributed by atoms with Crippen molar-refractivity contribution in [2.75, 3.05) is 0 Å². The van der Waals surface area contributed by atoms with E-state index in [1.807, 2.05) is 0 Å². The highest BCUT2D eigenvalue weighted by atomic mass is 19.4. The molecule has 0 bridgehead atoms. The van der Waals surface area contributed by atoms with Gasteiger partial charge < -0.3 is 4.74 Å². The molecule has 0 N–H and O–H groups in total. The molecule has 0 spiro atoms. The highest BCUT2D eigenvalue weighted by Gasteiger charge is 2.59. The van der Waals surface area contributed by atoms with Crippen LogP contribution in [0, 0.1) is 0 Å². The summed E-state index contributed by atoms with van der Waals surface area (Å²) < 4.78 is 57.3. The Morgan fingerprint density at radius 2 is 1.89 bits per heavy atom. The number of rotatable bonds is 4. The van der Waals surface area contributed by atoms with Crippen molar-refractivity contribution in [1.82, 2.24) is 0 Å². The molecule has 1 saturated carbocycles. The van der Waals surface area contributed by atoms with Crippen molar-refractivity contribution >= 4 is 6.21 Å². The molecule has 1 fully saturated rings. The first-order chi connectivity index (χ1) is 8.36. The zero-order valence-corrected chi connectivity index (χ0v) is 10.1. The van der Waals surface area contributed by atoms with Crippen LogP contribution in [0.5, 0.6) is 0 Å². The number of hydrogen-bond donors (Lipinski definition) is 0. The van der Waals surface area contributed by atoms with Gasteiger partial charge in [-0.1, -0.05) is 6.58 Å². The van der Waals surface area contributed by atoms with Crippen molar-refractivity contribution in [3.8, 4) is 0 Å². The lowest BCUT2D eigenvalue weighted by atomic mass is 10.0. The van der Waals surface area contributed by atoms with Crippen molar-refractivity contribution in [2.45, 2.75) is 44.4 Å². The molecule has 0 aromatic rings. The number of ether oxygens (including phenoxy) is 1. The topological polar surface area (TPSA) is 21.6 Å². The Labute approximate surface area is 103 Å². The van der Waals surface area contributed by atoms with E-state index in [4.69, 9.17) is 4.74 Å². The summed E-state index contributed by atoms with van der Waals surface area (Å²) in [7, 11) is 0. The van der Waals surface area contributed by atoms with Gasteiger partial charge in [-0.3, -0.25) is 0 Å². The molecule has 0 saturated heterocycles. The van der Waals surface area contributed by atoms with Gasteiger partial charge in [-0.25, -0.2) is 9.38 Å². The Hall–Kier alpha value is -1.33. The molecule has 6 heteroatoms. The van der Waals surface area contributed by atoms with E-state index in [-0.39, 0.29) is 12.8 Å². The summed E-state index contributed by atoms with van der Waals surface area (Å²) in [6.07, 6.45) is -2.14. The minimum atomic E-state index is -4.54. The van der Waals surface area contributed by atoms with Crippen LogP contribution in [0.1, 0.15) is 32.6 Å². The number of aliphatic imine (C=N–C) groups is 1. The van der Waals surface area contributed by atoms with Gasteiger partial charge in [0.05, 0.1) is 0 Å². The van der Waals surface area contributed by atoms with Gasteiger partial charge in [-0.15, -0.1) is 0 Å². The highest BCUT2D eigenvalue weighted by molar-refractivity contribution is 5.55. The molecule has 0 aromatic heterocycles. The Morgan fingerprint density at radius 1 is 1.33 bits per heavy atom. The number of alkyl halides is 3. The van der Waals surface area contributed by atoms with Gasteiger partial charge in [0.15, 0.2) is 5.83 Å². The van der Waals surface area contributed by atoms with Gasteiger partial charge in [-0.2, -0.15) is 13.2 Å². The Morgan fingerprint density at radius 3 is 2.28 bits per heavy atom. The van der Waals surface area contributed by atoms with E-state index in [1.165, 1.54) is 13.1 Å². The van der Waals surface area contributed by atoms with E-state index in [1.54, 1.807) is 0 Å². The predicted octanol–water partition coefficient (Wildman–Crippen LogP) is 4.29. The fourth-order valence-electron chi connectivity index (χ4n) is 1.92. The lowest BCUT2D eigenvalue weighted by Gasteiger charge is -2.32. The summed E-state index contributed by atoms with van der Waals surface area (Å²) in [4.78, 5) is 3.50. The van der Waals surface area contributed by atoms with Crippen LogP contribution >= 0.6 is 0 Å². The quantitative estimate of drug-likeness (QED) is 0.321. The Kier molecular flexibility index (Phi) is 4.53. The molecular formula is C12H15F4NO. The molecule has 0 radical (unpaired) electrons. The van der Waals surface area contributed by atoms with E-state index in [0.29, 0.717) is 12.8 Å². The fourth-order valence-corrected chi connectivity index (χ4v) is 1.92. The lowest BCUT2D eigenvalue weighted by Crippen LogP contribution is -2.45. The van der Waals surface area contributed by atoms with Gasteiger partial charge in [0.25, 0.3) is 5.88 Å². The average Bonchev–Trinajstić information content (AvgIpc) is 2.76. The van der Waals surface area contributed by atoms with Crippen molar-refractivity contribution in [1.29, 1.82) is 0 Å². The third-order valence-electron chi connectivity index (χ3n) is 2.85. The number of halogens is 4. The largest absolute Gasteiger partial charge is 0.459 e. The maximum atomic E-state index is 13.4. The maximum absolute atomic E-state index is 13.4. The maximum Gasteiger partial charge on any atom is 0.428 e. The van der Waals surface area contributed by atoms with Crippen molar-refractivity contribution < 1.29 is 22.3 Å². The minimum Gasteiger partial charge on any atom is -0.459 e. The average molecular weight is 265 g/mol. The summed E-state index contributed by atoms with van der Waals surface area (Å²) >= 11 is 0. The third-order valence-corrected chi connectivity index (χ3v) is 2.85. The van der Waals surface area contributed by atoms with Gasteiger partial charge >= 0.3 is 6.18 Å². The molecule has 18 heavy (non-hydrogen) atoms. The first-order valence-corrected chi connectivity index (χ1v) is 5.63. The van der Waals surface area contributed by atoms with Crippen LogP contribution in [0.15, 0.2) is 29.4 Å². The molecule has 0 unspecified atom stereocenters. The van der Waals surface area contributed by atoms with Gasteiger partial charge in [0, 0.05) is 6.21 Å². The fraction of sp³-hybridized carbons (Fsp3) is 0.583. The van der Waals surface area contributed by atoms with Crippen LogP contribution in [-0.4, -0.2) is 18.0 Å². The van der Waals surface area contributed by atoms with Crippen molar-refractivity contribution in [3.63, 3.8) is 0 Å². The summed E-state index contributed by atoms with van der Waals surface area (Å²) in [6, 6.07) is 0. The number of nitrogens with zero attached hydrogens (tertiary/aromatic N) is 1. The Bertz CT molecular complexity index is 365. The molecule has 102 valence electrons. The SMILES string of the molecule is C=C/C(F)=C(\N=CC)OC1(C(F)(F)F)CCCC1. The van der Waals surface area contributed by atoms with Crippen LogP contribution in [0.2, 0.25) is 0 Å². The monoisotopic (exact) mass is 265 g/mol. The molecule has 0 aromatic carbocycles.